The lowest BCUT2D eigenvalue weighted by Crippen LogP contribution is -2.39. The van der Waals surface area contributed by atoms with Gasteiger partial charge >= 0.3 is 0 Å². The maximum atomic E-state index is 12.7. The van der Waals surface area contributed by atoms with Crippen LogP contribution in [-0.2, 0) is 6.42 Å². The van der Waals surface area contributed by atoms with Crippen LogP contribution in [0.25, 0.3) is 0 Å². The van der Waals surface area contributed by atoms with Crippen molar-refractivity contribution >= 4 is 33.2 Å². The first kappa shape index (κ1) is 13.8. The largest absolute Gasteiger partial charge is 0.331 e. The van der Waals surface area contributed by atoms with E-state index in [4.69, 9.17) is 0 Å². The fraction of sp³-hybridized carbons (Fsp3) is 0.333. The predicted molar refractivity (Wildman–Crippen MR) is 84.0 cm³/mol. The zero-order chi connectivity index (χ0) is 14.1. The van der Waals surface area contributed by atoms with Crippen molar-refractivity contribution in [3.63, 3.8) is 0 Å². The van der Waals surface area contributed by atoms with Crippen LogP contribution in [-0.4, -0.2) is 22.3 Å². The molecule has 1 aliphatic rings. The number of rotatable bonds is 2. The topological polar surface area (TPSA) is 33.2 Å². The van der Waals surface area contributed by atoms with E-state index in [-0.39, 0.29) is 11.9 Å². The average molecular weight is 351 g/mol. The molecular formula is C15H15BrN2OS. The van der Waals surface area contributed by atoms with Crippen molar-refractivity contribution in [1.82, 2.24) is 9.88 Å². The van der Waals surface area contributed by atoms with Crippen LogP contribution < -0.4 is 0 Å². The normalized spacial score (nSPS) is 17.9. The quantitative estimate of drug-likeness (QED) is 0.818. The summed E-state index contributed by atoms with van der Waals surface area (Å²) < 4.78 is 0.838. The Morgan fingerprint density at radius 1 is 1.55 bits per heavy atom. The standard InChI is InChI=1S/C15H15BrN2OS/c1-2-13-12-4-6-20-14(12)3-5-18(13)15(19)10-7-11(16)9-17-8-10/h4,6-9,13H,2-3,5H2,1H3/t13-/m0/s1. The molecule has 104 valence electrons. The number of hydrogen-bond acceptors (Lipinski definition) is 3. The Morgan fingerprint density at radius 3 is 3.15 bits per heavy atom. The van der Waals surface area contributed by atoms with Crippen molar-refractivity contribution < 1.29 is 4.79 Å². The summed E-state index contributed by atoms with van der Waals surface area (Å²) in [5.74, 6) is 0.0718. The van der Waals surface area contributed by atoms with Crippen LogP contribution >= 0.6 is 27.3 Å². The van der Waals surface area contributed by atoms with E-state index < -0.39 is 0 Å². The van der Waals surface area contributed by atoms with E-state index in [1.165, 1.54) is 10.4 Å². The Bertz CT molecular complexity index is 640. The number of nitrogens with zero attached hydrogens (tertiary/aromatic N) is 2. The van der Waals surface area contributed by atoms with E-state index in [9.17, 15) is 4.79 Å². The molecule has 0 bridgehead atoms. The predicted octanol–water partition coefficient (Wildman–Crippen LogP) is 4.06. The van der Waals surface area contributed by atoms with Gasteiger partial charge in [0, 0.05) is 28.3 Å². The van der Waals surface area contributed by atoms with Gasteiger partial charge < -0.3 is 4.90 Å². The van der Waals surface area contributed by atoms with Crippen molar-refractivity contribution in [1.29, 1.82) is 0 Å². The maximum absolute atomic E-state index is 12.7. The minimum atomic E-state index is 0.0718. The molecule has 0 fully saturated rings. The van der Waals surface area contributed by atoms with Gasteiger partial charge in [0.2, 0.25) is 0 Å². The molecule has 0 aliphatic carbocycles. The SMILES string of the molecule is CC[C@H]1c2ccsc2CCN1C(=O)c1cncc(Br)c1. The van der Waals surface area contributed by atoms with Crippen molar-refractivity contribution in [3.05, 3.63) is 50.4 Å². The number of carbonyl (C=O) groups excluding carboxylic acids is 1. The summed E-state index contributed by atoms with van der Waals surface area (Å²) in [4.78, 5) is 20.2. The van der Waals surface area contributed by atoms with Crippen LogP contribution in [0.15, 0.2) is 34.4 Å². The van der Waals surface area contributed by atoms with Gasteiger partial charge in [-0.3, -0.25) is 9.78 Å². The molecular weight excluding hydrogens is 336 g/mol. The molecule has 5 heteroatoms. The Kier molecular flexibility index (Phi) is 3.89. The van der Waals surface area contributed by atoms with Crippen LogP contribution in [0.3, 0.4) is 0 Å². The van der Waals surface area contributed by atoms with Crippen molar-refractivity contribution in [2.45, 2.75) is 25.8 Å². The number of thiophene rings is 1. The minimum Gasteiger partial charge on any atom is -0.331 e. The smallest absolute Gasteiger partial charge is 0.255 e. The van der Waals surface area contributed by atoms with Crippen molar-refractivity contribution in [2.75, 3.05) is 6.54 Å². The molecule has 1 aliphatic heterocycles. The minimum absolute atomic E-state index is 0.0718. The third-order valence-electron chi connectivity index (χ3n) is 3.69. The Morgan fingerprint density at radius 2 is 2.40 bits per heavy atom. The number of amides is 1. The number of aromatic nitrogens is 1. The highest BCUT2D eigenvalue weighted by molar-refractivity contribution is 9.10. The van der Waals surface area contributed by atoms with Crippen LogP contribution in [0, 0.1) is 0 Å². The number of halogens is 1. The molecule has 3 rings (SSSR count). The van der Waals surface area contributed by atoms with Gasteiger partial charge in [0.1, 0.15) is 0 Å². The molecule has 20 heavy (non-hydrogen) atoms. The number of fused-ring (bicyclic) bond motifs is 1. The lowest BCUT2D eigenvalue weighted by molar-refractivity contribution is 0.0657. The maximum Gasteiger partial charge on any atom is 0.255 e. The Hall–Kier alpha value is -1.20. The highest BCUT2D eigenvalue weighted by atomic mass is 79.9. The summed E-state index contributed by atoms with van der Waals surface area (Å²) in [6.07, 6.45) is 5.23. The molecule has 0 saturated carbocycles. The first-order valence-electron chi connectivity index (χ1n) is 6.68. The van der Waals surface area contributed by atoms with Crippen LogP contribution in [0.4, 0.5) is 0 Å². The van der Waals surface area contributed by atoms with Crippen LogP contribution in [0.5, 0.6) is 0 Å². The van der Waals surface area contributed by atoms with E-state index >= 15 is 0 Å². The molecule has 0 spiro atoms. The fourth-order valence-electron chi connectivity index (χ4n) is 2.77. The summed E-state index contributed by atoms with van der Waals surface area (Å²) in [6, 6.07) is 4.19. The van der Waals surface area contributed by atoms with Gasteiger partial charge in [-0.1, -0.05) is 6.92 Å². The van der Waals surface area contributed by atoms with Gasteiger partial charge in [0.05, 0.1) is 11.6 Å². The summed E-state index contributed by atoms with van der Waals surface area (Å²) >= 11 is 5.17. The number of carbonyl (C=O) groups is 1. The first-order chi connectivity index (χ1) is 9.70. The van der Waals surface area contributed by atoms with E-state index in [1.807, 2.05) is 11.0 Å². The molecule has 1 atom stereocenters. The summed E-state index contributed by atoms with van der Waals surface area (Å²) in [5, 5.41) is 2.13. The number of pyridine rings is 1. The lowest BCUT2D eigenvalue weighted by atomic mass is 9.97. The average Bonchev–Trinajstić information content (AvgIpc) is 2.93. The lowest BCUT2D eigenvalue weighted by Gasteiger charge is -2.35. The van der Waals surface area contributed by atoms with Gasteiger partial charge in [-0.2, -0.15) is 0 Å². The van der Waals surface area contributed by atoms with Gasteiger partial charge in [-0.15, -0.1) is 11.3 Å². The second-order valence-electron chi connectivity index (χ2n) is 4.86. The number of hydrogen-bond donors (Lipinski definition) is 0. The Labute approximate surface area is 130 Å². The summed E-state index contributed by atoms with van der Waals surface area (Å²) in [6.45, 7) is 2.92. The van der Waals surface area contributed by atoms with Crippen molar-refractivity contribution in [3.8, 4) is 0 Å². The van der Waals surface area contributed by atoms with Crippen molar-refractivity contribution in [2.24, 2.45) is 0 Å². The second kappa shape index (κ2) is 5.66. The molecule has 0 saturated heterocycles. The van der Waals surface area contributed by atoms with E-state index in [2.05, 4.69) is 39.3 Å². The van der Waals surface area contributed by atoms with Gasteiger partial charge in [0.15, 0.2) is 0 Å². The fourth-order valence-corrected chi connectivity index (χ4v) is 4.07. The highest BCUT2D eigenvalue weighted by Gasteiger charge is 2.30. The first-order valence-corrected chi connectivity index (χ1v) is 8.35. The zero-order valence-corrected chi connectivity index (χ0v) is 13.6. The molecule has 2 aromatic rings. The highest BCUT2D eigenvalue weighted by Crippen LogP contribution is 2.36. The zero-order valence-electron chi connectivity index (χ0n) is 11.2. The molecule has 3 nitrogen and oxygen atoms in total. The Balaban J connectivity index is 1.92. The molecule has 3 heterocycles. The summed E-state index contributed by atoms with van der Waals surface area (Å²) in [7, 11) is 0. The van der Waals surface area contributed by atoms with Gasteiger partial charge in [-0.25, -0.2) is 0 Å². The summed E-state index contributed by atoms with van der Waals surface area (Å²) in [5.41, 5.74) is 1.97. The van der Waals surface area contributed by atoms with Gasteiger partial charge in [0.25, 0.3) is 5.91 Å². The van der Waals surface area contributed by atoms with Gasteiger partial charge in [-0.05, 0) is 51.8 Å². The molecule has 1 amide bonds. The monoisotopic (exact) mass is 350 g/mol. The third kappa shape index (κ3) is 2.40. The molecule has 0 radical (unpaired) electrons. The second-order valence-corrected chi connectivity index (χ2v) is 6.78. The van der Waals surface area contributed by atoms with E-state index in [0.29, 0.717) is 5.56 Å². The molecule has 0 N–H and O–H groups in total. The molecule has 0 aromatic carbocycles. The third-order valence-corrected chi connectivity index (χ3v) is 5.12. The molecule has 2 aromatic heterocycles. The van der Waals surface area contributed by atoms with E-state index in [0.717, 1.165) is 23.9 Å². The van der Waals surface area contributed by atoms with E-state index in [1.54, 1.807) is 23.7 Å². The molecule has 0 unspecified atom stereocenters. The van der Waals surface area contributed by atoms with Crippen LogP contribution in [0.2, 0.25) is 0 Å². The van der Waals surface area contributed by atoms with Crippen LogP contribution in [0.1, 0.15) is 40.2 Å².